The first kappa shape index (κ1) is 12.0. The summed E-state index contributed by atoms with van der Waals surface area (Å²) in [5, 5.41) is 3.89. The maximum Gasteiger partial charge on any atom is 0.416 e. The van der Waals surface area contributed by atoms with Crippen molar-refractivity contribution in [2.24, 2.45) is 0 Å². The lowest BCUT2D eigenvalue weighted by molar-refractivity contribution is -0.137. The Bertz CT molecular complexity index is 434. The van der Waals surface area contributed by atoms with Gasteiger partial charge in [-0.2, -0.15) is 13.2 Å². The molecule has 0 spiro atoms. The molecule has 0 aliphatic carbocycles. The maximum absolute atomic E-state index is 12.4. The van der Waals surface area contributed by atoms with Crippen molar-refractivity contribution < 1.29 is 13.2 Å². The highest BCUT2D eigenvalue weighted by Crippen LogP contribution is 2.30. The molecule has 0 saturated carbocycles. The van der Waals surface area contributed by atoms with Gasteiger partial charge < -0.3 is 5.01 Å². The predicted octanol–water partition coefficient (Wildman–Crippen LogP) is 2.84. The Morgan fingerprint density at radius 2 is 1.65 bits per heavy atom. The van der Waals surface area contributed by atoms with Gasteiger partial charge in [-0.05, 0) is 23.3 Å². The van der Waals surface area contributed by atoms with E-state index in [2.05, 4.69) is 0 Å². The molecule has 1 heterocycles. The number of alkyl halides is 3. The molecule has 0 atom stereocenters. The summed E-state index contributed by atoms with van der Waals surface area (Å²) in [6, 6.07) is 5.27. The molecule has 0 N–H and O–H groups in total. The molecule has 0 radical (unpaired) electrons. The second-order valence-corrected chi connectivity index (χ2v) is 4.12. The molecule has 1 aliphatic heterocycles. The molecule has 5 heteroatoms. The monoisotopic (exact) mass is 242 g/mol. The third kappa shape index (κ3) is 2.44. The van der Waals surface area contributed by atoms with Crippen LogP contribution in [-0.2, 0) is 6.18 Å². The van der Waals surface area contributed by atoms with Crippen LogP contribution in [0.4, 0.5) is 13.2 Å². The van der Waals surface area contributed by atoms with Crippen LogP contribution in [0.15, 0.2) is 30.5 Å². The van der Waals surface area contributed by atoms with Crippen LogP contribution in [0.2, 0.25) is 0 Å². The van der Waals surface area contributed by atoms with Crippen LogP contribution in [0.5, 0.6) is 0 Å². The van der Waals surface area contributed by atoms with E-state index in [0.29, 0.717) is 6.54 Å². The second kappa shape index (κ2) is 4.07. The summed E-state index contributed by atoms with van der Waals surface area (Å²) in [5.74, 6) is 0. The van der Waals surface area contributed by atoms with E-state index in [1.54, 1.807) is 0 Å². The Kier molecular flexibility index (Phi) is 2.87. The Morgan fingerprint density at radius 1 is 1.06 bits per heavy atom. The molecule has 17 heavy (non-hydrogen) atoms. The first-order valence-electron chi connectivity index (χ1n) is 5.20. The Morgan fingerprint density at radius 3 is 2.06 bits per heavy atom. The van der Waals surface area contributed by atoms with Crippen molar-refractivity contribution in [3.63, 3.8) is 0 Å². The summed E-state index contributed by atoms with van der Waals surface area (Å²) in [7, 11) is 3.82. The molecule has 92 valence electrons. The highest BCUT2D eigenvalue weighted by molar-refractivity contribution is 5.68. The van der Waals surface area contributed by atoms with Crippen molar-refractivity contribution in [1.29, 1.82) is 0 Å². The van der Waals surface area contributed by atoms with Gasteiger partial charge in [-0.1, -0.05) is 12.1 Å². The van der Waals surface area contributed by atoms with Gasteiger partial charge in [-0.3, -0.25) is 0 Å². The highest BCUT2D eigenvalue weighted by Gasteiger charge is 2.30. The summed E-state index contributed by atoms with van der Waals surface area (Å²) in [5.41, 5.74) is 1.24. The van der Waals surface area contributed by atoms with E-state index in [0.717, 1.165) is 23.3 Å². The van der Waals surface area contributed by atoms with Crippen LogP contribution in [-0.4, -0.2) is 30.7 Å². The van der Waals surface area contributed by atoms with Crippen LogP contribution < -0.4 is 0 Å². The summed E-state index contributed by atoms with van der Waals surface area (Å²) in [6.07, 6.45) is -2.35. The second-order valence-electron chi connectivity index (χ2n) is 4.12. The number of hydrogen-bond acceptors (Lipinski definition) is 2. The lowest BCUT2D eigenvalue weighted by Gasteiger charge is -2.18. The van der Waals surface area contributed by atoms with Gasteiger partial charge in [0.15, 0.2) is 0 Å². The van der Waals surface area contributed by atoms with E-state index in [4.69, 9.17) is 0 Å². The molecule has 0 aromatic heterocycles. The Hall–Kier alpha value is -1.49. The molecular formula is C12H13F3N2. The summed E-state index contributed by atoms with van der Waals surface area (Å²) < 4.78 is 37.2. The third-order valence-corrected chi connectivity index (χ3v) is 2.86. The van der Waals surface area contributed by atoms with Crippen LogP contribution in [0.1, 0.15) is 11.1 Å². The van der Waals surface area contributed by atoms with E-state index in [1.807, 2.05) is 30.3 Å². The van der Waals surface area contributed by atoms with Crippen LogP contribution >= 0.6 is 0 Å². The van der Waals surface area contributed by atoms with E-state index in [1.165, 1.54) is 12.1 Å². The number of hydrazine groups is 1. The van der Waals surface area contributed by atoms with Gasteiger partial charge in [-0.15, -0.1) is 0 Å². The van der Waals surface area contributed by atoms with Crippen molar-refractivity contribution in [3.8, 4) is 0 Å². The van der Waals surface area contributed by atoms with Crippen molar-refractivity contribution >= 4 is 5.57 Å². The standard InChI is InChI=1S/C12H13F3N2/c1-16-7-10(8-17(16)2)9-3-5-11(6-4-9)12(13,14)15/h3-7H,8H2,1-2H3. The molecule has 2 rings (SSSR count). The normalized spacial score (nSPS) is 17.5. The van der Waals surface area contributed by atoms with Crippen molar-refractivity contribution in [1.82, 2.24) is 10.0 Å². The quantitative estimate of drug-likeness (QED) is 0.747. The van der Waals surface area contributed by atoms with Crippen molar-refractivity contribution in [2.75, 3.05) is 20.6 Å². The zero-order chi connectivity index (χ0) is 12.6. The minimum Gasteiger partial charge on any atom is -0.316 e. The number of benzene rings is 1. The lowest BCUT2D eigenvalue weighted by Crippen LogP contribution is -2.27. The van der Waals surface area contributed by atoms with Crippen LogP contribution in [0.25, 0.3) is 5.57 Å². The van der Waals surface area contributed by atoms with E-state index in [-0.39, 0.29) is 0 Å². The molecule has 1 aliphatic rings. The topological polar surface area (TPSA) is 6.48 Å². The summed E-state index contributed by atoms with van der Waals surface area (Å²) in [4.78, 5) is 0. The Balaban J connectivity index is 2.23. The zero-order valence-electron chi connectivity index (χ0n) is 9.62. The number of likely N-dealkylation sites (N-methyl/N-ethyl adjacent to an activating group) is 1. The zero-order valence-corrected chi connectivity index (χ0v) is 9.62. The minimum atomic E-state index is -4.27. The number of hydrogen-bond donors (Lipinski definition) is 0. The average molecular weight is 242 g/mol. The smallest absolute Gasteiger partial charge is 0.316 e. The van der Waals surface area contributed by atoms with Gasteiger partial charge in [0.1, 0.15) is 0 Å². The van der Waals surface area contributed by atoms with E-state index in [9.17, 15) is 13.2 Å². The minimum absolute atomic E-state index is 0.610. The maximum atomic E-state index is 12.4. The molecule has 0 unspecified atom stereocenters. The van der Waals surface area contributed by atoms with Gasteiger partial charge >= 0.3 is 6.18 Å². The number of nitrogens with zero attached hydrogens (tertiary/aromatic N) is 2. The van der Waals surface area contributed by atoms with Gasteiger partial charge in [0.05, 0.1) is 5.56 Å². The lowest BCUT2D eigenvalue weighted by atomic mass is 10.1. The van der Waals surface area contributed by atoms with Crippen molar-refractivity contribution in [3.05, 3.63) is 41.6 Å². The molecule has 0 saturated heterocycles. The number of rotatable bonds is 1. The fraction of sp³-hybridized carbons (Fsp3) is 0.333. The summed E-state index contributed by atoms with van der Waals surface area (Å²) >= 11 is 0. The molecule has 2 nitrogen and oxygen atoms in total. The largest absolute Gasteiger partial charge is 0.416 e. The van der Waals surface area contributed by atoms with Gasteiger partial charge in [0.2, 0.25) is 0 Å². The summed E-state index contributed by atoms with van der Waals surface area (Å²) in [6.45, 7) is 0.710. The highest BCUT2D eigenvalue weighted by atomic mass is 19.4. The van der Waals surface area contributed by atoms with Gasteiger partial charge in [-0.25, -0.2) is 5.01 Å². The molecule has 1 aromatic rings. The fourth-order valence-corrected chi connectivity index (χ4v) is 1.76. The van der Waals surface area contributed by atoms with Crippen LogP contribution in [0, 0.1) is 0 Å². The first-order valence-corrected chi connectivity index (χ1v) is 5.20. The molecular weight excluding hydrogens is 229 g/mol. The molecule has 1 aromatic carbocycles. The predicted molar refractivity (Wildman–Crippen MR) is 59.8 cm³/mol. The van der Waals surface area contributed by atoms with E-state index < -0.39 is 11.7 Å². The molecule has 0 fully saturated rings. The van der Waals surface area contributed by atoms with Gasteiger partial charge in [0.25, 0.3) is 0 Å². The van der Waals surface area contributed by atoms with Crippen molar-refractivity contribution in [2.45, 2.75) is 6.18 Å². The first-order chi connectivity index (χ1) is 7.88. The van der Waals surface area contributed by atoms with Gasteiger partial charge in [0, 0.05) is 26.8 Å². The van der Waals surface area contributed by atoms with E-state index >= 15 is 0 Å². The van der Waals surface area contributed by atoms with Crippen LogP contribution in [0.3, 0.4) is 0 Å². The Labute approximate surface area is 97.9 Å². The molecule has 0 bridgehead atoms. The average Bonchev–Trinajstić information content (AvgIpc) is 2.58. The molecule has 0 amide bonds. The third-order valence-electron chi connectivity index (χ3n) is 2.86. The number of halogens is 3. The SMILES string of the molecule is CN1C=C(c2ccc(C(F)(F)F)cc2)CN1C. The fourth-order valence-electron chi connectivity index (χ4n) is 1.76.